The standard InChI is InChI=1S/C18H17N5O/c19-10-14-16(22-23-18(14)20)6-3-9-21-11-15-13-5-2-1-4-12(13)7-8-17(15)24/h1-2,4-5,7-8,11,24H,3,6,9H2,(H3,20,22,23). The maximum atomic E-state index is 10.1. The number of aliphatic imine (C=N–C) groups is 1. The average molecular weight is 319 g/mol. The molecule has 0 saturated heterocycles. The maximum absolute atomic E-state index is 10.1. The van der Waals surface area contributed by atoms with Gasteiger partial charge in [-0.15, -0.1) is 0 Å². The number of aromatic amines is 1. The van der Waals surface area contributed by atoms with Crippen molar-refractivity contribution in [3.05, 3.63) is 53.2 Å². The zero-order chi connectivity index (χ0) is 16.9. The minimum atomic E-state index is 0.213. The van der Waals surface area contributed by atoms with Crippen LogP contribution in [0.15, 0.2) is 41.4 Å². The largest absolute Gasteiger partial charge is 0.507 e. The van der Waals surface area contributed by atoms with Crippen LogP contribution >= 0.6 is 0 Å². The number of aromatic nitrogens is 2. The Bertz CT molecular complexity index is 936. The van der Waals surface area contributed by atoms with Crippen LogP contribution in [-0.2, 0) is 6.42 Å². The second kappa shape index (κ2) is 6.84. The highest BCUT2D eigenvalue weighted by Gasteiger charge is 2.09. The van der Waals surface area contributed by atoms with E-state index in [2.05, 4.69) is 15.2 Å². The summed E-state index contributed by atoms with van der Waals surface area (Å²) in [5.74, 6) is 0.447. The molecule has 6 heteroatoms. The number of fused-ring (bicyclic) bond motifs is 1. The summed E-state index contributed by atoms with van der Waals surface area (Å²) in [6.45, 7) is 0.576. The number of hydrogen-bond donors (Lipinski definition) is 3. The quantitative estimate of drug-likeness (QED) is 0.496. The molecule has 0 aliphatic heterocycles. The zero-order valence-electron chi connectivity index (χ0n) is 13.0. The molecule has 0 radical (unpaired) electrons. The third-order valence-electron chi connectivity index (χ3n) is 3.86. The van der Waals surface area contributed by atoms with Crippen LogP contribution < -0.4 is 5.73 Å². The number of hydrogen-bond acceptors (Lipinski definition) is 5. The summed E-state index contributed by atoms with van der Waals surface area (Å²) >= 11 is 0. The Morgan fingerprint density at radius 2 is 2.12 bits per heavy atom. The SMILES string of the molecule is N#Cc1c(N)n[nH]c1CCCN=Cc1c(O)ccc2ccccc12. The molecule has 0 aliphatic rings. The fourth-order valence-corrected chi connectivity index (χ4v) is 2.62. The minimum absolute atomic E-state index is 0.213. The third-order valence-corrected chi connectivity index (χ3v) is 3.86. The van der Waals surface area contributed by atoms with Crippen LogP contribution in [0.4, 0.5) is 5.82 Å². The van der Waals surface area contributed by atoms with Gasteiger partial charge in [0.15, 0.2) is 5.82 Å². The van der Waals surface area contributed by atoms with Gasteiger partial charge in [0, 0.05) is 18.3 Å². The number of aromatic hydroxyl groups is 1. The summed E-state index contributed by atoms with van der Waals surface area (Å²) in [7, 11) is 0. The van der Waals surface area contributed by atoms with Gasteiger partial charge in [0.25, 0.3) is 0 Å². The van der Waals surface area contributed by atoms with E-state index < -0.39 is 0 Å². The van der Waals surface area contributed by atoms with Gasteiger partial charge in [0.1, 0.15) is 17.4 Å². The van der Waals surface area contributed by atoms with Crippen molar-refractivity contribution in [2.24, 2.45) is 4.99 Å². The minimum Gasteiger partial charge on any atom is -0.507 e. The molecule has 2 aromatic carbocycles. The first-order valence-electron chi connectivity index (χ1n) is 7.64. The first kappa shape index (κ1) is 15.6. The number of nitrogen functional groups attached to an aromatic ring is 1. The number of benzene rings is 2. The molecule has 3 rings (SSSR count). The molecule has 24 heavy (non-hydrogen) atoms. The van der Waals surface area contributed by atoms with Crippen molar-refractivity contribution >= 4 is 22.8 Å². The highest BCUT2D eigenvalue weighted by Crippen LogP contribution is 2.25. The van der Waals surface area contributed by atoms with Gasteiger partial charge < -0.3 is 10.8 Å². The highest BCUT2D eigenvalue weighted by atomic mass is 16.3. The summed E-state index contributed by atoms with van der Waals surface area (Å²) < 4.78 is 0. The second-order valence-corrected chi connectivity index (χ2v) is 5.43. The van der Waals surface area contributed by atoms with Crippen LogP contribution in [0.5, 0.6) is 5.75 Å². The molecule has 0 bridgehead atoms. The van der Waals surface area contributed by atoms with Gasteiger partial charge in [-0.1, -0.05) is 30.3 Å². The Morgan fingerprint density at radius 1 is 1.29 bits per heavy atom. The lowest BCUT2D eigenvalue weighted by Crippen LogP contribution is -1.94. The molecule has 0 aliphatic carbocycles. The second-order valence-electron chi connectivity index (χ2n) is 5.43. The van der Waals surface area contributed by atoms with E-state index in [1.54, 1.807) is 12.3 Å². The third kappa shape index (κ3) is 3.06. The molecule has 6 nitrogen and oxygen atoms in total. The lowest BCUT2D eigenvalue weighted by Gasteiger charge is -2.04. The Hall–Kier alpha value is -3.33. The van der Waals surface area contributed by atoms with E-state index in [0.717, 1.165) is 28.5 Å². The van der Waals surface area contributed by atoms with E-state index in [-0.39, 0.29) is 11.6 Å². The van der Waals surface area contributed by atoms with Gasteiger partial charge in [-0.3, -0.25) is 10.1 Å². The van der Waals surface area contributed by atoms with Crippen LogP contribution in [0.25, 0.3) is 10.8 Å². The van der Waals surface area contributed by atoms with Gasteiger partial charge in [-0.25, -0.2) is 0 Å². The van der Waals surface area contributed by atoms with Crippen molar-refractivity contribution in [3.63, 3.8) is 0 Å². The number of phenols is 1. The molecule has 0 unspecified atom stereocenters. The van der Waals surface area contributed by atoms with E-state index in [9.17, 15) is 5.11 Å². The fourth-order valence-electron chi connectivity index (χ4n) is 2.62. The van der Waals surface area contributed by atoms with Gasteiger partial charge in [0.05, 0.1) is 5.69 Å². The average Bonchev–Trinajstić information content (AvgIpc) is 2.96. The van der Waals surface area contributed by atoms with Gasteiger partial charge in [-0.2, -0.15) is 10.4 Å². The van der Waals surface area contributed by atoms with Crippen molar-refractivity contribution in [2.45, 2.75) is 12.8 Å². The number of nitrogens with one attached hydrogen (secondary N) is 1. The molecule has 4 N–H and O–H groups in total. The summed E-state index contributed by atoms with van der Waals surface area (Å²) in [5.41, 5.74) is 7.47. The fraction of sp³-hybridized carbons (Fsp3) is 0.167. The van der Waals surface area contributed by atoms with Gasteiger partial charge in [-0.05, 0) is 29.7 Å². The monoisotopic (exact) mass is 319 g/mol. The zero-order valence-corrected chi connectivity index (χ0v) is 13.0. The van der Waals surface area contributed by atoms with Crippen molar-refractivity contribution < 1.29 is 5.11 Å². The van der Waals surface area contributed by atoms with Crippen molar-refractivity contribution in [2.75, 3.05) is 12.3 Å². The normalized spacial score (nSPS) is 11.1. The number of H-pyrrole nitrogens is 1. The number of rotatable bonds is 5. The lowest BCUT2D eigenvalue weighted by atomic mass is 10.0. The van der Waals surface area contributed by atoms with E-state index >= 15 is 0 Å². The van der Waals surface area contributed by atoms with Crippen LogP contribution in [0.2, 0.25) is 0 Å². The molecule has 0 saturated carbocycles. The molecule has 3 aromatic rings. The Kier molecular flexibility index (Phi) is 4.43. The summed E-state index contributed by atoms with van der Waals surface area (Å²) in [5, 5.41) is 27.7. The molecular formula is C18H17N5O. The first-order valence-corrected chi connectivity index (χ1v) is 7.64. The molecule has 0 amide bonds. The topological polar surface area (TPSA) is 111 Å². The smallest absolute Gasteiger partial charge is 0.163 e. The molecule has 0 spiro atoms. The van der Waals surface area contributed by atoms with Gasteiger partial charge >= 0.3 is 0 Å². The van der Waals surface area contributed by atoms with Crippen LogP contribution in [0.3, 0.4) is 0 Å². The molecule has 1 heterocycles. The van der Waals surface area contributed by atoms with Crippen molar-refractivity contribution in [1.29, 1.82) is 5.26 Å². The summed E-state index contributed by atoms with van der Waals surface area (Å²) in [6, 6.07) is 13.5. The summed E-state index contributed by atoms with van der Waals surface area (Å²) in [6.07, 6.45) is 3.09. The number of phenolic OH excluding ortho intramolecular Hbond substituents is 1. The maximum Gasteiger partial charge on any atom is 0.163 e. The van der Waals surface area contributed by atoms with Crippen LogP contribution in [0, 0.1) is 11.3 Å². The number of nitriles is 1. The number of nitrogens with two attached hydrogens (primary N) is 1. The molecule has 0 atom stereocenters. The Labute approximate surface area is 139 Å². The van der Waals surface area contributed by atoms with E-state index in [1.165, 1.54) is 0 Å². The lowest BCUT2D eigenvalue weighted by molar-refractivity contribution is 0.475. The van der Waals surface area contributed by atoms with Crippen LogP contribution in [-0.4, -0.2) is 28.1 Å². The summed E-state index contributed by atoms with van der Waals surface area (Å²) in [4.78, 5) is 4.40. The van der Waals surface area contributed by atoms with Crippen molar-refractivity contribution in [1.82, 2.24) is 10.2 Å². The predicted molar refractivity (Wildman–Crippen MR) is 94.1 cm³/mol. The molecule has 1 aromatic heterocycles. The predicted octanol–water partition coefficient (Wildman–Crippen LogP) is 2.77. The Morgan fingerprint density at radius 3 is 2.96 bits per heavy atom. The number of nitrogens with zero attached hydrogens (tertiary/aromatic N) is 3. The van der Waals surface area contributed by atoms with Crippen LogP contribution in [0.1, 0.15) is 23.2 Å². The van der Waals surface area contributed by atoms with E-state index in [1.807, 2.05) is 36.4 Å². The molecular weight excluding hydrogens is 302 g/mol. The van der Waals surface area contributed by atoms with E-state index in [0.29, 0.717) is 18.5 Å². The van der Waals surface area contributed by atoms with E-state index in [4.69, 9.17) is 11.0 Å². The Balaban J connectivity index is 1.67. The van der Waals surface area contributed by atoms with Gasteiger partial charge in [0.2, 0.25) is 0 Å². The first-order chi connectivity index (χ1) is 11.7. The molecule has 120 valence electrons. The highest BCUT2D eigenvalue weighted by molar-refractivity contribution is 6.02. The number of aryl methyl sites for hydroxylation is 1. The molecule has 0 fully saturated rings. The van der Waals surface area contributed by atoms with Crippen molar-refractivity contribution in [3.8, 4) is 11.8 Å². The number of anilines is 1.